The minimum Gasteiger partial charge on any atom is -0.348 e. The monoisotopic (exact) mass is 342 g/mol. The van der Waals surface area contributed by atoms with E-state index in [0.29, 0.717) is 12.4 Å². The van der Waals surface area contributed by atoms with Gasteiger partial charge in [0.15, 0.2) is 0 Å². The van der Waals surface area contributed by atoms with Crippen LogP contribution >= 0.6 is 0 Å². The normalized spacial score (nSPS) is 24.2. The molecule has 1 aliphatic rings. The van der Waals surface area contributed by atoms with Crippen LogP contribution in [0.4, 0.5) is 23.5 Å². The van der Waals surface area contributed by atoms with E-state index in [0.717, 1.165) is 10.6 Å². The van der Waals surface area contributed by atoms with Gasteiger partial charge in [0.25, 0.3) is 0 Å². The van der Waals surface area contributed by atoms with Crippen molar-refractivity contribution in [3.8, 4) is 0 Å². The molecule has 0 amide bonds. The second kappa shape index (κ2) is 5.95. The molecule has 1 N–H and O–H groups in total. The van der Waals surface area contributed by atoms with Gasteiger partial charge in [-0.05, 0) is 6.42 Å². The van der Waals surface area contributed by atoms with Crippen LogP contribution in [0.1, 0.15) is 12.0 Å². The van der Waals surface area contributed by atoms with Gasteiger partial charge in [-0.25, -0.2) is 22.8 Å². The van der Waals surface area contributed by atoms with E-state index in [9.17, 15) is 26.0 Å². The summed E-state index contributed by atoms with van der Waals surface area (Å²) < 4.78 is 74.8. The number of hydrogen-bond acceptors (Lipinski definition) is 5. The molecule has 1 fully saturated rings. The molecule has 2 atom stereocenters. The van der Waals surface area contributed by atoms with Gasteiger partial charge >= 0.3 is 6.18 Å². The summed E-state index contributed by atoms with van der Waals surface area (Å²) in [7, 11) is -3.47. The first-order chi connectivity index (χ1) is 10.1. The van der Waals surface area contributed by atoms with E-state index in [1.807, 2.05) is 0 Å². The Labute approximate surface area is 124 Å². The lowest BCUT2D eigenvalue weighted by molar-refractivity contribution is -0.138. The molecule has 0 aromatic carbocycles. The number of aromatic nitrogens is 2. The number of halogens is 4. The molecule has 0 aliphatic carbocycles. The molecule has 1 aromatic heterocycles. The number of hydrogen-bond donors (Lipinski definition) is 1. The molecule has 11 heteroatoms. The van der Waals surface area contributed by atoms with Crippen molar-refractivity contribution in [1.82, 2.24) is 14.3 Å². The van der Waals surface area contributed by atoms with Gasteiger partial charge in [-0.1, -0.05) is 0 Å². The summed E-state index contributed by atoms with van der Waals surface area (Å²) in [6.45, 7) is -0.186. The summed E-state index contributed by atoms with van der Waals surface area (Å²) in [4.78, 5) is 7.00. The van der Waals surface area contributed by atoms with Crippen LogP contribution in [0.5, 0.6) is 0 Å². The highest BCUT2D eigenvalue weighted by molar-refractivity contribution is 7.88. The Balaban J connectivity index is 2.00. The summed E-state index contributed by atoms with van der Waals surface area (Å²) in [5, 5.41) is 2.60. The SMILES string of the molecule is CS(=O)(=O)N1CC[C@@H](Nc2ncc(C(F)(F)F)cn2)[C@H](F)C1. The van der Waals surface area contributed by atoms with Crippen LogP contribution in [-0.2, 0) is 16.2 Å². The van der Waals surface area contributed by atoms with E-state index in [1.165, 1.54) is 0 Å². The van der Waals surface area contributed by atoms with E-state index in [-0.39, 0.29) is 25.5 Å². The molecule has 6 nitrogen and oxygen atoms in total. The van der Waals surface area contributed by atoms with Gasteiger partial charge in [0, 0.05) is 25.5 Å². The minimum atomic E-state index is -4.54. The lowest BCUT2D eigenvalue weighted by atomic mass is 10.1. The Morgan fingerprint density at radius 2 is 1.91 bits per heavy atom. The van der Waals surface area contributed by atoms with Crippen LogP contribution in [0.3, 0.4) is 0 Å². The van der Waals surface area contributed by atoms with Crippen LogP contribution in [0.2, 0.25) is 0 Å². The lowest BCUT2D eigenvalue weighted by Gasteiger charge is -2.33. The van der Waals surface area contributed by atoms with Gasteiger partial charge < -0.3 is 5.32 Å². The van der Waals surface area contributed by atoms with Crippen molar-refractivity contribution in [2.24, 2.45) is 0 Å². The Morgan fingerprint density at radius 3 is 2.36 bits per heavy atom. The predicted octanol–water partition coefficient (Wildman–Crippen LogP) is 1.28. The first-order valence-corrected chi connectivity index (χ1v) is 8.17. The van der Waals surface area contributed by atoms with E-state index in [1.54, 1.807) is 0 Å². The standard InChI is InChI=1S/C11H14F4N4O2S/c1-22(20,21)19-3-2-9(8(12)6-19)18-10-16-4-7(5-17-10)11(13,14)15/h4-5,8-9H,2-3,6H2,1H3,(H,16,17,18)/t8-,9-/m1/s1. The Kier molecular flexibility index (Phi) is 4.57. The third-order valence-corrected chi connectivity index (χ3v) is 4.54. The highest BCUT2D eigenvalue weighted by Gasteiger charge is 2.34. The quantitative estimate of drug-likeness (QED) is 0.838. The lowest BCUT2D eigenvalue weighted by Crippen LogP contribution is -2.49. The van der Waals surface area contributed by atoms with Gasteiger partial charge in [-0.2, -0.15) is 17.5 Å². The highest BCUT2D eigenvalue weighted by Crippen LogP contribution is 2.28. The fourth-order valence-corrected chi connectivity index (χ4v) is 2.91. The summed E-state index contributed by atoms with van der Waals surface area (Å²) in [6.07, 6.45) is -3.68. The number of nitrogens with one attached hydrogen (secondary N) is 1. The molecular formula is C11H14F4N4O2S. The number of piperidine rings is 1. The molecule has 22 heavy (non-hydrogen) atoms. The van der Waals surface area contributed by atoms with E-state index in [4.69, 9.17) is 0 Å². The number of anilines is 1. The fraction of sp³-hybridized carbons (Fsp3) is 0.636. The molecule has 1 saturated heterocycles. The van der Waals surface area contributed by atoms with E-state index < -0.39 is 34.0 Å². The third-order valence-electron chi connectivity index (χ3n) is 3.27. The predicted molar refractivity (Wildman–Crippen MR) is 70.4 cm³/mol. The van der Waals surface area contributed by atoms with Crippen molar-refractivity contribution < 1.29 is 26.0 Å². The van der Waals surface area contributed by atoms with Crippen molar-refractivity contribution in [2.45, 2.75) is 24.8 Å². The van der Waals surface area contributed by atoms with Crippen molar-refractivity contribution in [1.29, 1.82) is 0 Å². The molecule has 1 aliphatic heterocycles. The summed E-state index contributed by atoms with van der Waals surface area (Å²) in [5.74, 6) is -0.131. The van der Waals surface area contributed by atoms with Crippen molar-refractivity contribution in [3.63, 3.8) is 0 Å². The maximum atomic E-state index is 14.0. The topological polar surface area (TPSA) is 75.2 Å². The molecular weight excluding hydrogens is 328 g/mol. The van der Waals surface area contributed by atoms with E-state index >= 15 is 0 Å². The van der Waals surface area contributed by atoms with Crippen LogP contribution in [0.25, 0.3) is 0 Å². The number of sulfonamides is 1. The van der Waals surface area contributed by atoms with Crippen molar-refractivity contribution >= 4 is 16.0 Å². The fourth-order valence-electron chi connectivity index (χ4n) is 2.06. The van der Waals surface area contributed by atoms with E-state index in [2.05, 4.69) is 15.3 Å². The molecule has 124 valence electrons. The Hall–Kier alpha value is -1.49. The third kappa shape index (κ3) is 4.03. The summed E-state index contributed by atoms with van der Waals surface area (Å²) in [5.41, 5.74) is -0.998. The molecule has 0 unspecified atom stereocenters. The number of nitrogens with zero attached hydrogens (tertiary/aromatic N) is 3. The summed E-state index contributed by atoms with van der Waals surface area (Å²) in [6, 6.07) is -0.755. The molecule has 0 spiro atoms. The largest absolute Gasteiger partial charge is 0.419 e. The zero-order valence-corrected chi connectivity index (χ0v) is 12.3. The van der Waals surface area contributed by atoms with Gasteiger partial charge in [-0.15, -0.1) is 0 Å². The zero-order valence-electron chi connectivity index (χ0n) is 11.5. The molecule has 0 saturated carbocycles. The Bertz CT molecular complexity index is 620. The maximum absolute atomic E-state index is 14.0. The van der Waals surface area contributed by atoms with Crippen LogP contribution in [0, 0.1) is 0 Å². The average Bonchev–Trinajstić information content (AvgIpc) is 2.39. The van der Waals surface area contributed by atoms with Crippen molar-refractivity contribution in [3.05, 3.63) is 18.0 Å². The molecule has 0 bridgehead atoms. The first-order valence-electron chi connectivity index (χ1n) is 6.32. The maximum Gasteiger partial charge on any atom is 0.419 e. The molecule has 2 heterocycles. The number of alkyl halides is 4. The van der Waals surface area contributed by atoms with Gasteiger partial charge in [0.05, 0.1) is 17.9 Å². The van der Waals surface area contributed by atoms with Gasteiger partial charge in [-0.3, -0.25) is 0 Å². The van der Waals surface area contributed by atoms with Gasteiger partial charge in [0.1, 0.15) is 6.17 Å². The van der Waals surface area contributed by atoms with Crippen molar-refractivity contribution in [2.75, 3.05) is 24.7 Å². The Morgan fingerprint density at radius 1 is 1.32 bits per heavy atom. The highest BCUT2D eigenvalue weighted by atomic mass is 32.2. The zero-order chi connectivity index (χ0) is 16.5. The second-order valence-corrected chi connectivity index (χ2v) is 6.95. The average molecular weight is 342 g/mol. The van der Waals surface area contributed by atoms with Crippen LogP contribution < -0.4 is 5.32 Å². The second-order valence-electron chi connectivity index (χ2n) is 4.97. The smallest absolute Gasteiger partial charge is 0.348 e. The molecule has 1 aromatic rings. The van der Waals surface area contributed by atoms with Crippen LogP contribution in [0.15, 0.2) is 12.4 Å². The van der Waals surface area contributed by atoms with Gasteiger partial charge in [0.2, 0.25) is 16.0 Å². The molecule has 2 rings (SSSR count). The molecule has 0 radical (unpaired) electrons. The van der Waals surface area contributed by atoms with Crippen LogP contribution in [-0.4, -0.2) is 54.2 Å². The number of rotatable bonds is 3. The minimum absolute atomic E-state index is 0.123. The summed E-state index contributed by atoms with van der Waals surface area (Å²) >= 11 is 0. The first kappa shape index (κ1) is 16.9.